The lowest BCUT2D eigenvalue weighted by molar-refractivity contribution is 0.251. The normalized spacial score (nSPS) is 19.3. The van der Waals surface area contributed by atoms with E-state index in [-0.39, 0.29) is 0 Å². The van der Waals surface area contributed by atoms with E-state index in [9.17, 15) is 0 Å². The number of hydrogen-bond donors (Lipinski definition) is 1. The molecule has 1 fully saturated rings. The molecule has 0 radical (unpaired) electrons. The van der Waals surface area contributed by atoms with Crippen molar-refractivity contribution in [2.45, 2.75) is 18.9 Å². The van der Waals surface area contributed by atoms with Gasteiger partial charge in [0.15, 0.2) is 0 Å². The van der Waals surface area contributed by atoms with Gasteiger partial charge in [0.05, 0.1) is 0 Å². The maximum absolute atomic E-state index is 5.99. The molecule has 0 aliphatic carbocycles. The number of benzene rings is 1. The number of rotatable bonds is 3. The number of nitrogens with two attached hydrogens (primary N) is 1. The summed E-state index contributed by atoms with van der Waals surface area (Å²) in [6.07, 6.45) is 2.58. The Balaban J connectivity index is 2.18. The molecule has 3 heteroatoms. The van der Waals surface area contributed by atoms with Gasteiger partial charge in [0.1, 0.15) is 0 Å². The minimum absolute atomic E-state index is 0.339. The Kier molecular flexibility index (Phi) is 3.62. The van der Waals surface area contributed by atoms with Crippen LogP contribution >= 0.6 is 11.6 Å². The van der Waals surface area contributed by atoms with E-state index >= 15 is 0 Å². The molecule has 1 aromatic carbocycles. The molecule has 0 bridgehead atoms. The highest BCUT2D eigenvalue weighted by molar-refractivity contribution is 6.30. The summed E-state index contributed by atoms with van der Waals surface area (Å²) in [4.78, 5) is 2.45. The molecule has 0 spiro atoms. The van der Waals surface area contributed by atoms with E-state index in [1.54, 1.807) is 0 Å². The van der Waals surface area contributed by atoms with Crippen LogP contribution in [0, 0.1) is 0 Å². The van der Waals surface area contributed by atoms with Crippen molar-refractivity contribution in [2.24, 2.45) is 5.73 Å². The molecule has 0 unspecified atom stereocenters. The molecule has 1 atom stereocenters. The first-order valence-electron chi connectivity index (χ1n) is 5.51. The van der Waals surface area contributed by atoms with E-state index in [1.165, 1.54) is 18.4 Å². The summed E-state index contributed by atoms with van der Waals surface area (Å²) < 4.78 is 0. The van der Waals surface area contributed by atoms with Crippen molar-refractivity contribution in [3.8, 4) is 0 Å². The molecule has 1 aliphatic heterocycles. The van der Waals surface area contributed by atoms with Crippen molar-refractivity contribution in [3.63, 3.8) is 0 Å². The van der Waals surface area contributed by atoms with Gasteiger partial charge in [0.25, 0.3) is 0 Å². The Morgan fingerprint density at radius 3 is 2.67 bits per heavy atom. The lowest BCUT2D eigenvalue weighted by Gasteiger charge is -2.26. The Bertz CT molecular complexity index is 321. The second-order valence-corrected chi connectivity index (χ2v) is 4.49. The van der Waals surface area contributed by atoms with E-state index in [4.69, 9.17) is 17.3 Å². The number of likely N-dealkylation sites (tertiary alicyclic amines) is 1. The van der Waals surface area contributed by atoms with Crippen LogP contribution in [0.4, 0.5) is 0 Å². The SMILES string of the molecule is NC[C@@H](c1cccc(Cl)c1)N1CCCC1. The van der Waals surface area contributed by atoms with Gasteiger partial charge < -0.3 is 5.73 Å². The fraction of sp³-hybridized carbons (Fsp3) is 0.500. The lowest BCUT2D eigenvalue weighted by Crippen LogP contribution is -2.31. The zero-order valence-corrected chi connectivity index (χ0v) is 9.58. The lowest BCUT2D eigenvalue weighted by atomic mass is 10.1. The summed E-state index contributed by atoms with van der Waals surface area (Å²) in [6.45, 7) is 2.99. The third kappa shape index (κ3) is 2.51. The van der Waals surface area contributed by atoms with Gasteiger partial charge in [-0.05, 0) is 43.6 Å². The van der Waals surface area contributed by atoms with Crippen LogP contribution in [0.2, 0.25) is 5.02 Å². The van der Waals surface area contributed by atoms with Gasteiger partial charge in [0, 0.05) is 17.6 Å². The Morgan fingerprint density at radius 2 is 2.07 bits per heavy atom. The predicted molar refractivity (Wildman–Crippen MR) is 64.1 cm³/mol. The average Bonchev–Trinajstić information content (AvgIpc) is 2.72. The Hall–Kier alpha value is -0.570. The van der Waals surface area contributed by atoms with Gasteiger partial charge in [0.2, 0.25) is 0 Å². The summed E-state index contributed by atoms with van der Waals surface area (Å²) in [7, 11) is 0. The Morgan fingerprint density at radius 1 is 1.33 bits per heavy atom. The largest absolute Gasteiger partial charge is 0.329 e. The van der Waals surface area contributed by atoms with E-state index in [0.717, 1.165) is 18.1 Å². The van der Waals surface area contributed by atoms with E-state index < -0.39 is 0 Å². The fourth-order valence-electron chi connectivity index (χ4n) is 2.26. The van der Waals surface area contributed by atoms with E-state index in [0.29, 0.717) is 12.6 Å². The van der Waals surface area contributed by atoms with Crippen LogP contribution in [-0.4, -0.2) is 24.5 Å². The highest BCUT2D eigenvalue weighted by Gasteiger charge is 2.21. The van der Waals surface area contributed by atoms with Crippen molar-refractivity contribution in [2.75, 3.05) is 19.6 Å². The summed E-state index contributed by atoms with van der Waals surface area (Å²) in [6, 6.07) is 8.38. The molecule has 0 saturated carbocycles. The topological polar surface area (TPSA) is 29.3 Å². The fourth-order valence-corrected chi connectivity index (χ4v) is 2.46. The van der Waals surface area contributed by atoms with Crippen molar-refractivity contribution in [1.82, 2.24) is 4.90 Å². The molecular weight excluding hydrogens is 208 g/mol. The smallest absolute Gasteiger partial charge is 0.0470 e. The maximum atomic E-state index is 5.99. The maximum Gasteiger partial charge on any atom is 0.0470 e. The standard InChI is InChI=1S/C12H17ClN2/c13-11-5-3-4-10(8-11)12(9-14)15-6-1-2-7-15/h3-5,8,12H,1-2,6-7,9,14H2/t12-/m0/s1. The second kappa shape index (κ2) is 4.97. The minimum atomic E-state index is 0.339. The van der Waals surface area contributed by atoms with Gasteiger partial charge >= 0.3 is 0 Å². The first-order valence-corrected chi connectivity index (χ1v) is 5.88. The number of nitrogens with zero attached hydrogens (tertiary/aromatic N) is 1. The summed E-state index contributed by atoms with van der Waals surface area (Å²) in [5.74, 6) is 0. The quantitative estimate of drug-likeness (QED) is 0.855. The molecule has 0 amide bonds. The first-order chi connectivity index (χ1) is 7.31. The van der Waals surface area contributed by atoms with Crippen LogP contribution in [0.1, 0.15) is 24.4 Å². The predicted octanol–water partition coefficient (Wildman–Crippen LogP) is 2.44. The van der Waals surface area contributed by atoms with Gasteiger partial charge in [-0.15, -0.1) is 0 Å². The van der Waals surface area contributed by atoms with Crippen LogP contribution in [0.25, 0.3) is 0 Å². The molecule has 1 heterocycles. The Labute approximate surface area is 96.0 Å². The van der Waals surface area contributed by atoms with Gasteiger partial charge in [-0.3, -0.25) is 4.90 Å². The van der Waals surface area contributed by atoms with Gasteiger partial charge in [-0.1, -0.05) is 23.7 Å². The van der Waals surface area contributed by atoms with Crippen molar-refractivity contribution < 1.29 is 0 Å². The zero-order chi connectivity index (χ0) is 10.7. The van der Waals surface area contributed by atoms with Gasteiger partial charge in [-0.2, -0.15) is 0 Å². The molecule has 2 rings (SSSR count). The van der Waals surface area contributed by atoms with Crippen LogP contribution < -0.4 is 5.73 Å². The van der Waals surface area contributed by atoms with Crippen molar-refractivity contribution >= 4 is 11.6 Å². The second-order valence-electron chi connectivity index (χ2n) is 4.05. The number of hydrogen-bond acceptors (Lipinski definition) is 2. The summed E-state index contributed by atoms with van der Waals surface area (Å²) in [5.41, 5.74) is 7.09. The molecule has 2 N–H and O–H groups in total. The minimum Gasteiger partial charge on any atom is -0.329 e. The molecule has 15 heavy (non-hydrogen) atoms. The van der Waals surface area contributed by atoms with Crippen LogP contribution in [-0.2, 0) is 0 Å². The average molecular weight is 225 g/mol. The number of halogens is 1. The van der Waals surface area contributed by atoms with Crippen molar-refractivity contribution in [1.29, 1.82) is 0 Å². The third-order valence-corrected chi connectivity index (χ3v) is 3.27. The molecule has 1 saturated heterocycles. The molecule has 0 aromatic heterocycles. The molecule has 82 valence electrons. The van der Waals surface area contributed by atoms with E-state index in [2.05, 4.69) is 11.0 Å². The highest BCUT2D eigenvalue weighted by Crippen LogP contribution is 2.25. The van der Waals surface area contributed by atoms with Crippen LogP contribution in [0.3, 0.4) is 0 Å². The monoisotopic (exact) mass is 224 g/mol. The molecular formula is C12H17ClN2. The third-order valence-electron chi connectivity index (χ3n) is 3.04. The zero-order valence-electron chi connectivity index (χ0n) is 8.82. The van der Waals surface area contributed by atoms with Gasteiger partial charge in [-0.25, -0.2) is 0 Å². The van der Waals surface area contributed by atoms with E-state index in [1.807, 2.05) is 18.2 Å². The van der Waals surface area contributed by atoms with Crippen molar-refractivity contribution in [3.05, 3.63) is 34.9 Å². The highest BCUT2D eigenvalue weighted by atomic mass is 35.5. The molecule has 1 aliphatic rings. The summed E-state index contributed by atoms with van der Waals surface area (Å²) in [5, 5.41) is 0.796. The summed E-state index contributed by atoms with van der Waals surface area (Å²) >= 11 is 5.99. The molecule has 2 nitrogen and oxygen atoms in total. The first kappa shape index (κ1) is 10.9. The van der Waals surface area contributed by atoms with Crippen LogP contribution in [0.15, 0.2) is 24.3 Å². The van der Waals surface area contributed by atoms with Crippen LogP contribution in [0.5, 0.6) is 0 Å². The molecule has 1 aromatic rings.